The molecular formula is C13H14F6O4S2. The summed E-state index contributed by atoms with van der Waals surface area (Å²) < 4.78 is 80.2. The number of carbonyl (C=O) groups is 2. The van der Waals surface area contributed by atoms with Crippen LogP contribution in [0.2, 0.25) is 0 Å². The number of hydrogen-bond donors (Lipinski definition) is 0. The third-order valence-electron chi connectivity index (χ3n) is 1.87. The highest BCUT2D eigenvalue weighted by Gasteiger charge is 2.26. The highest BCUT2D eigenvalue weighted by atomic mass is 32.2. The molecule has 25 heavy (non-hydrogen) atoms. The van der Waals surface area contributed by atoms with Gasteiger partial charge in [0.15, 0.2) is 0 Å². The van der Waals surface area contributed by atoms with Crippen LogP contribution >= 0.6 is 23.5 Å². The van der Waals surface area contributed by atoms with E-state index in [0.29, 0.717) is 23.5 Å². The molecule has 0 aromatic heterocycles. The van der Waals surface area contributed by atoms with Gasteiger partial charge in [0, 0.05) is 18.6 Å². The fourth-order valence-electron chi connectivity index (χ4n) is 0.993. The van der Waals surface area contributed by atoms with Crippen LogP contribution in [0.4, 0.5) is 26.3 Å². The van der Waals surface area contributed by atoms with Gasteiger partial charge in [-0.15, -0.1) is 23.5 Å². The summed E-state index contributed by atoms with van der Waals surface area (Å²) in [4.78, 5) is 22.2. The van der Waals surface area contributed by atoms with Crippen LogP contribution in [0.3, 0.4) is 0 Å². The summed E-state index contributed by atoms with van der Waals surface area (Å²) in [5.74, 6) is -3.93. The summed E-state index contributed by atoms with van der Waals surface area (Å²) in [6, 6.07) is 0. The van der Waals surface area contributed by atoms with Crippen LogP contribution in [0.15, 0.2) is 23.0 Å². The second kappa shape index (κ2) is 12.1. The molecule has 0 aliphatic rings. The molecule has 0 aliphatic carbocycles. The van der Waals surface area contributed by atoms with Crippen molar-refractivity contribution in [3.8, 4) is 0 Å². The van der Waals surface area contributed by atoms with Gasteiger partial charge in [0.1, 0.15) is 0 Å². The van der Waals surface area contributed by atoms with Crippen molar-refractivity contribution in [2.45, 2.75) is 18.8 Å². The maximum absolute atomic E-state index is 11.8. The largest absolute Gasteiger partial charge is 0.462 e. The van der Waals surface area contributed by atoms with Gasteiger partial charge in [-0.05, 0) is 10.8 Å². The molecule has 4 nitrogen and oxygen atoms in total. The second-order valence-corrected chi connectivity index (χ2v) is 5.93. The second-order valence-electron chi connectivity index (χ2n) is 4.15. The summed E-state index contributed by atoms with van der Waals surface area (Å²) in [5, 5.41) is 1.92. The maximum atomic E-state index is 11.8. The van der Waals surface area contributed by atoms with Gasteiger partial charge < -0.3 is 9.47 Å². The van der Waals surface area contributed by atoms with E-state index in [2.05, 4.69) is 9.47 Å². The first-order valence-electron chi connectivity index (χ1n) is 6.53. The molecule has 0 saturated carbocycles. The molecule has 0 saturated heterocycles. The zero-order valence-electron chi connectivity index (χ0n) is 12.6. The number of hydrogen-bond acceptors (Lipinski definition) is 6. The highest BCUT2D eigenvalue weighted by molar-refractivity contribution is 8.02. The van der Waals surface area contributed by atoms with Crippen LogP contribution in [0, 0.1) is 0 Å². The first kappa shape index (κ1) is 23.7. The Bertz CT molecular complexity index is 432. The van der Waals surface area contributed by atoms with Gasteiger partial charge in [0.25, 0.3) is 0 Å². The highest BCUT2D eigenvalue weighted by Crippen LogP contribution is 2.22. The van der Waals surface area contributed by atoms with E-state index in [4.69, 9.17) is 0 Å². The monoisotopic (exact) mass is 412 g/mol. The van der Waals surface area contributed by atoms with Gasteiger partial charge in [-0.3, -0.25) is 0 Å². The smallest absolute Gasteiger partial charge is 0.398 e. The molecule has 0 atom stereocenters. The predicted molar refractivity (Wildman–Crippen MR) is 81.8 cm³/mol. The van der Waals surface area contributed by atoms with E-state index in [1.165, 1.54) is 0 Å². The Hall–Kier alpha value is -1.30. The first-order valence-corrected chi connectivity index (χ1v) is 8.63. The Balaban J connectivity index is 3.68. The van der Waals surface area contributed by atoms with E-state index in [0.717, 1.165) is 23.0 Å². The number of carbonyl (C=O) groups excluding carboxylic acids is 2. The molecule has 0 N–H and O–H groups in total. The van der Waals surface area contributed by atoms with Crippen molar-refractivity contribution in [3.05, 3.63) is 23.0 Å². The lowest BCUT2D eigenvalue weighted by Gasteiger charge is -2.04. The lowest BCUT2D eigenvalue weighted by Crippen LogP contribution is -2.10. The minimum absolute atomic E-state index is 0.130. The Morgan fingerprint density at radius 2 is 1.12 bits per heavy atom. The molecule has 12 heteroatoms. The van der Waals surface area contributed by atoms with E-state index in [1.54, 1.807) is 0 Å². The van der Waals surface area contributed by atoms with Crippen molar-refractivity contribution >= 4 is 35.5 Å². The van der Waals surface area contributed by atoms with Crippen LogP contribution in [0.1, 0.15) is 6.42 Å². The number of halogens is 6. The maximum Gasteiger partial charge on any atom is 0.398 e. The molecule has 0 fully saturated rings. The van der Waals surface area contributed by atoms with Crippen molar-refractivity contribution in [2.75, 3.05) is 24.7 Å². The molecule has 0 aromatic carbocycles. The normalized spacial score (nSPS) is 12.7. The predicted octanol–water partition coefficient (Wildman–Crippen LogP) is 4.08. The molecule has 0 aliphatic heterocycles. The lowest BCUT2D eigenvalue weighted by molar-refractivity contribution is -0.140. The number of alkyl halides is 6. The number of ether oxygens (including phenoxy) is 2. The van der Waals surface area contributed by atoms with Crippen LogP contribution in [0.25, 0.3) is 0 Å². The van der Waals surface area contributed by atoms with Crippen LogP contribution in [0.5, 0.6) is 0 Å². The van der Waals surface area contributed by atoms with E-state index in [1.807, 2.05) is 0 Å². The molecule has 0 bridgehead atoms. The van der Waals surface area contributed by atoms with Gasteiger partial charge >= 0.3 is 24.3 Å². The lowest BCUT2D eigenvalue weighted by atomic mass is 10.5. The van der Waals surface area contributed by atoms with Crippen molar-refractivity contribution in [3.63, 3.8) is 0 Å². The fourth-order valence-corrected chi connectivity index (χ4v) is 1.98. The first-order chi connectivity index (χ1) is 11.5. The standard InChI is InChI=1S/C13H14F6O4S2/c14-12(15,16)8-24-6-2-10(20)22-4-1-5-23-11(21)3-7-25-9-13(17,18)19/h2-3,6-7H,1,4-5,8-9H2/b6-2-,7-3-. The topological polar surface area (TPSA) is 52.6 Å². The molecule has 144 valence electrons. The molecule has 0 spiro atoms. The zero-order valence-corrected chi connectivity index (χ0v) is 14.2. The van der Waals surface area contributed by atoms with Gasteiger partial charge in [0.2, 0.25) is 0 Å². The summed E-state index contributed by atoms with van der Waals surface area (Å²) in [5.41, 5.74) is 0. The van der Waals surface area contributed by atoms with Gasteiger partial charge in [0.05, 0.1) is 24.7 Å². The third-order valence-corrected chi connectivity index (χ3v) is 3.52. The number of thioether (sulfide) groups is 2. The van der Waals surface area contributed by atoms with Crippen molar-refractivity contribution in [1.82, 2.24) is 0 Å². The molecule has 0 heterocycles. The van der Waals surface area contributed by atoms with E-state index in [9.17, 15) is 35.9 Å². The number of rotatable bonds is 10. The van der Waals surface area contributed by atoms with E-state index in [-0.39, 0.29) is 19.6 Å². The summed E-state index contributed by atoms with van der Waals surface area (Å²) in [6.07, 6.45) is -6.86. The summed E-state index contributed by atoms with van der Waals surface area (Å²) in [6.45, 7) is -0.264. The van der Waals surface area contributed by atoms with Crippen LogP contribution in [-0.2, 0) is 19.1 Å². The third kappa shape index (κ3) is 18.9. The minimum Gasteiger partial charge on any atom is -0.462 e. The van der Waals surface area contributed by atoms with Crippen LogP contribution < -0.4 is 0 Å². The Kier molecular flexibility index (Phi) is 11.5. The zero-order chi connectivity index (χ0) is 19.3. The summed E-state index contributed by atoms with van der Waals surface area (Å²) >= 11 is 0.783. The van der Waals surface area contributed by atoms with Crippen molar-refractivity contribution in [1.29, 1.82) is 0 Å². The van der Waals surface area contributed by atoms with E-state index >= 15 is 0 Å². The minimum atomic E-state index is -4.33. The van der Waals surface area contributed by atoms with Gasteiger partial charge in [-0.25, -0.2) is 9.59 Å². The van der Waals surface area contributed by atoms with Gasteiger partial charge in [-0.1, -0.05) is 0 Å². The SMILES string of the molecule is O=C(/C=C\SCC(F)(F)F)OCCCOC(=O)/C=C\SCC(F)(F)F. The molecule has 0 radical (unpaired) electrons. The van der Waals surface area contributed by atoms with Crippen LogP contribution in [-0.4, -0.2) is 49.0 Å². The van der Waals surface area contributed by atoms with E-state index < -0.39 is 35.8 Å². The van der Waals surface area contributed by atoms with Crippen molar-refractivity contribution in [2.24, 2.45) is 0 Å². The quantitative estimate of drug-likeness (QED) is 0.233. The van der Waals surface area contributed by atoms with Crippen molar-refractivity contribution < 1.29 is 45.4 Å². The average molecular weight is 412 g/mol. The fraction of sp³-hybridized carbons (Fsp3) is 0.538. The Labute approximate surface area is 148 Å². The molecule has 0 amide bonds. The molecule has 0 aromatic rings. The average Bonchev–Trinajstić information content (AvgIpc) is 2.46. The number of esters is 2. The Morgan fingerprint density at radius 1 is 0.760 bits per heavy atom. The van der Waals surface area contributed by atoms with Gasteiger partial charge in [-0.2, -0.15) is 26.3 Å². The molecule has 0 unspecified atom stereocenters. The summed E-state index contributed by atoms with van der Waals surface area (Å²) in [7, 11) is 0. The Morgan fingerprint density at radius 3 is 1.44 bits per heavy atom. The molecular weight excluding hydrogens is 398 g/mol. The molecule has 0 rings (SSSR count).